The molecule has 31 heavy (non-hydrogen) atoms. The highest BCUT2D eigenvalue weighted by Gasteiger charge is 2.31. The van der Waals surface area contributed by atoms with E-state index in [2.05, 4.69) is 0 Å². The number of carboxylic acids is 1. The minimum Gasteiger partial charge on any atom is -0.493 e. The zero-order chi connectivity index (χ0) is 22.4. The van der Waals surface area contributed by atoms with E-state index in [1.807, 2.05) is 24.3 Å². The first-order valence-corrected chi connectivity index (χ1v) is 10.5. The molecule has 1 amide bonds. The standard InChI is InChI=1S/C22H21NO6S2/c1-27-17-7-6-14(11-18(17)28-2)8-9-23-21(26)19(31-22(23)30)12-15-4-3-5-16(10-15)29-13-20(24)25/h3-7,10-12H,8-9,13H2,1-2H3,(H,24,25)/b19-12+. The van der Waals surface area contributed by atoms with Gasteiger partial charge in [-0.3, -0.25) is 9.69 Å². The van der Waals surface area contributed by atoms with Crippen LogP contribution < -0.4 is 14.2 Å². The fraction of sp³-hybridized carbons (Fsp3) is 0.227. The molecule has 162 valence electrons. The van der Waals surface area contributed by atoms with Gasteiger partial charge in [0.25, 0.3) is 5.91 Å². The van der Waals surface area contributed by atoms with Crippen LogP contribution >= 0.6 is 24.0 Å². The first-order valence-electron chi connectivity index (χ1n) is 9.32. The second-order valence-corrected chi connectivity index (χ2v) is 8.20. The third-order valence-corrected chi connectivity index (χ3v) is 5.84. The molecule has 0 atom stereocenters. The normalized spacial score (nSPS) is 14.8. The number of ether oxygens (including phenoxy) is 3. The van der Waals surface area contributed by atoms with Crippen molar-refractivity contribution in [2.75, 3.05) is 27.4 Å². The molecule has 1 aliphatic heterocycles. The first kappa shape index (κ1) is 22.6. The van der Waals surface area contributed by atoms with Crippen LogP contribution in [0.4, 0.5) is 0 Å². The molecule has 2 aromatic rings. The summed E-state index contributed by atoms with van der Waals surface area (Å²) >= 11 is 6.64. The van der Waals surface area contributed by atoms with Crippen LogP contribution in [0.25, 0.3) is 6.08 Å². The zero-order valence-electron chi connectivity index (χ0n) is 17.0. The average molecular weight is 460 g/mol. The van der Waals surface area contributed by atoms with E-state index in [1.54, 1.807) is 43.4 Å². The van der Waals surface area contributed by atoms with Crippen molar-refractivity contribution in [3.05, 3.63) is 58.5 Å². The molecule has 1 heterocycles. The lowest BCUT2D eigenvalue weighted by molar-refractivity contribution is -0.139. The van der Waals surface area contributed by atoms with Crippen LogP contribution in [0.3, 0.4) is 0 Å². The van der Waals surface area contributed by atoms with E-state index < -0.39 is 12.6 Å². The lowest BCUT2D eigenvalue weighted by Crippen LogP contribution is -2.30. The number of aliphatic carboxylic acids is 1. The predicted octanol–water partition coefficient (Wildman–Crippen LogP) is 3.61. The molecule has 0 unspecified atom stereocenters. The van der Waals surface area contributed by atoms with Crippen molar-refractivity contribution in [2.45, 2.75) is 6.42 Å². The summed E-state index contributed by atoms with van der Waals surface area (Å²) in [7, 11) is 3.16. The van der Waals surface area contributed by atoms with Crippen LogP contribution in [0.5, 0.6) is 17.2 Å². The molecule has 1 saturated heterocycles. The number of carboxylic acid groups (broad SMARTS) is 1. The molecule has 0 saturated carbocycles. The van der Waals surface area contributed by atoms with Crippen LogP contribution in [0.1, 0.15) is 11.1 Å². The molecule has 9 heteroatoms. The number of carbonyl (C=O) groups is 2. The summed E-state index contributed by atoms with van der Waals surface area (Å²) in [6.45, 7) is 0.0148. The van der Waals surface area contributed by atoms with E-state index in [1.165, 1.54) is 11.8 Å². The predicted molar refractivity (Wildman–Crippen MR) is 123 cm³/mol. The lowest BCUT2D eigenvalue weighted by atomic mass is 10.1. The molecule has 2 aromatic carbocycles. The lowest BCUT2D eigenvalue weighted by Gasteiger charge is -2.15. The Morgan fingerprint density at radius 3 is 2.65 bits per heavy atom. The van der Waals surface area contributed by atoms with Crippen molar-refractivity contribution in [2.24, 2.45) is 0 Å². The van der Waals surface area contributed by atoms with Crippen molar-refractivity contribution in [1.29, 1.82) is 0 Å². The SMILES string of the molecule is COc1ccc(CCN2C(=O)/C(=C\c3cccc(OCC(=O)O)c3)SC2=S)cc1OC. The molecule has 0 aliphatic carbocycles. The van der Waals surface area contributed by atoms with E-state index in [0.29, 0.717) is 39.4 Å². The number of thioether (sulfide) groups is 1. The van der Waals surface area contributed by atoms with E-state index >= 15 is 0 Å². The summed E-state index contributed by atoms with van der Waals surface area (Å²) in [5.41, 5.74) is 1.72. The Hall–Kier alpha value is -3.04. The van der Waals surface area contributed by atoms with Gasteiger partial charge in [-0.25, -0.2) is 4.79 Å². The summed E-state index contributed by atoms with van der Waals surface area (Å²) in [5.74, 6) is 0.484. The van der Waals surface area contributed by atoms with Gasteiger partial charge in [0.05, 0.1) is 19.1 Å². The van der Waals surface area contributed by atoms with Gasteiger partial charge in [0.1, 0.15) is 10.1 Å². The molecule has 0 spiro atoms. The molecule has 0 aromatic heterocycles. The topological polar surface area (TPSA) is 85.3 Å². The van der Waals surface area contributed by atoms with Crippen molar-refractivity contribution in [3.8, 4) is 17.2 Å². The molecule has 0 radical (unpaired) electrons. The van der Waals surface area contributed by atoms with Gasteiger partial charge in [0.15, 0.2) is 18.1 Å². The number of amides is 1. The third kappa shape index (κ3) is 5.77. The molecular formula is C22H21NO6S2. The van der Waals surface area contributed by atoms with Crippen LogP contribution in [-0.4, -0.2) is 53.6 Å². The number of methoxy groups -OCH3 is 2. The van der Waals surface area contributed by atoms with Crippen molar-refractivity contribution < 1.29 is 28.9 Å². The van der Waals surface area contributed by atoms with Gasteiger partial charge in [0, 0.05) is 6.54 Å². The molecule has 7 nitrogen and oxygen atoms in total. The average Bonchev–Trinajstić information content (AvgIpc) is 3.03. The number of rotatable bonds is 9. The largest absolute Gasteiger partial charge is 0.493 e. The van der Waals surface area contributed by atoms with Crippen LogP contribution in [0.15, 0.2) is 47.4 Å². The molecule has 3 rings (SSSR count). The highest BCUT2D eigenvalue weighted by atomic mass is 32.2. The summed E-state index contributed by atoms with van der Waals surface area (Å²) in [6.07, 6.45) is 2.34. The second-order valence-electron chi connectivity index (χ2n) is 6.53. The van der Waals surface area contributed by atoms with E-state index in [9.17, 15) is 9.59 Å². The highest BCUT2D eigenvalue weighted by Crippen LogP contribution is 2.33. The molecule has 1 fully saturated rings. The fourth-order valence-electron chi connectivity index (χ4n) is 2.96. The Bertz CT molecular complexity index is 1040. The van der Waals surface area contributed by atoms with Crippen molar-refractivity contribution in [1.82, 2.24) is 4.90 Å². The maximum Gasteiger partial charge on any atom is 0.341 e. The summed E-state index contributed by atoms with van der Waals surface area (Å²) in [6, 6.07) is 12.5. The summed E-state index contributed by atoms with van der Waals surface area (Å²) < 4.78 is 16.3. The van der Waals surface area contributed by atoms with Gasteiger partial charge in [0.2, 0.25) is 0 Å². The Labute approximate surface area is 189 Å². The van der Waals surface area contributed by atoms with Gasteiger partial charge < -0.3 is 19.3 Å². The maximum absolute atomic E-state index is 12.9. The molecule has 0 bridgehead atoms. The second kappa shape index (κ2) is 10.3. The van der Waals surface area contributed by atoms with Gasteiger partial charge in [-0.15, -0.1) is 0 Å². The third-order valence-electron chi connectivity index (χ3n) is 4.46. The zero-order valence-corrected chi connectivity index (χ0v) is 18.6. The Balaban J connectivity index is 1.68. The van der Waals surface area contributed by atoms with Gasteiger partial charge in [-0.05, 0) is 47.9 Å². The summed E-state index contributed by atoms with van der Waals surface area (Å²) in [4.78, 5) is 25.6. The van der Waals surface area contributed by atoms with Gasteiger partial charge in [-0.1, -0.05) is 42.2 Å². The number of thiocarbonyl (C=S) groups is 1. The van der Waals surface area contributed by atoms with Gasteiger partial charge in [-0.2, -0.15) is 0 Å². The van der Waals surface area contributed by atoms with Crippen molar-refractivity contribution >= 4 is 46.3 Å². The van der Waals surface area contributed by atoms with E-state index in [4.69, 9.17) is 31.5 Å². The Morgan fingerprint density at radius 1 is 1.16 bits per heavy atom. The minimum absolute atomic E-state index is 0.160. The Morgan fingerprint density at radius 2 is 1.94 bits per heavy atom. The first-order chi connectivity index (χ1) is 14.9. The van der Waals surface area contributed by atoms with Crippen LogP contribution in [0, 0.1) is 0 Å². The summed E-state index contributed by atoms with van der Waals surface area (Å²) in [5, 5.41) is 8.74. The molecular weight excluding hydrogens is 438 g/mol. The monoisotopic (exact) mass is 459 g/mol. The van der Waals surface area contributed by atoms with Crippen LogP contribution in [0.2, 0.25) is 0 Å². The number of benzene rings is 2. The quantitative estimate of drug-likeness (QED) is 0.450. The highest BCUT2D eigenvalue weighted by molar-refractivity contribution is 8.26. The van der Waals surface area contributed by atoms with E-state index in [0.717, 1.165) is 11.1 Å². The number of hydrogen-bond donors (Lipinski definition) is 1. The minimum atomic E-state index is -1.05. The van der Waals surface area contributed by atoms with E-state index in [-0.39, 0.29) is 5.91 Å². The number of carbonyl (C=O) groups excluding carboxylic acids is 1. The number of nitrogens with zero attached hydrogens (tertiary/aromatic N) is 1. The smallest absolute Gasteiger partial charge is 0.341 e. The van der Waals surface area contributed by atoms with Crippen molar-refractivity contribution in [3.63, 3.8) is 0 Å². The Kier molecular flexibility index (Phi) is 7.54. The fourth-order valence-corrected chi connectivity index (χ4v) is 4.27. The number of hydrogen-bond acceptors (Lipinski definition) is 7. The molecule has 1 N–H and O–H groups in total. The van der Waals surface area contributed by atoms with Crippen LogP contribution in [-0.2, 0) is 16.0 Å². The maximum atomic E-state index is 12.9. The van der Waals surface area contributed by atoms with Gasteiger partial charge >= 0.3 is 5.97 Å². The molecule has 1 aliphatic rings.